The number of hydrogen-bond acceptors (Lipinski definition) is 4. The fourth-order valence-electron chi connectivity index (χ4n) is 3.83. The number of carbonyl (C=O) groups is 3. The molecule has 1 aromatic carbocycles. The summed E-state index contributed by atoms with van der Waals surface area (Å²) >= 11 is 0. The molecule has 7 nitrogen and oxygen atoms in total. The summed E-state index contributed by atoms with van der Waals surface area (Å²) in [4.78, 5) is 54.5. The van der Waals surface area contributed by atoms with Crippen LogP contribution in [0.15, 0.2) is 47.3 Å². The number of carbonyl (C=O) groups excluding carboxylic acids is 3. The van der Waals surface area contributed by atoms with Gasteiger partial charge in [-0.25, -0.2) is 0 Å². The van der Waals surface area contributed by atoms with Crippen LogP contribution in [0.4, 0.5) is 5.82 Å². The zero-order chi connectivity index (χ0) is 20.5. The Kier molecular flexibility index (Phi) is 5.05. The molecule has 2 aliphatic rings. The van der Waals surface area contributed by atoms with Crippen LogP contribution in [0, 0.1) is 18.8 Å². The fraction of sp³-hybridized carbons (Fsp3) is 0.364. The number of anilines is 1. The molecule has 4 rings (SSSR count). The topological polar surface area (TPSA) is 99.3 Å². The van der Waals surface area contributed by atoms with Gasteiger partial charge >= 0.3 is 0 Å². The van der Waals surface area contributed by atoms with E-state index in [0.29, 0.717) is 12.2 Å². The number of nitrogens with zero attached hydrogens (tertiary/aromatic N) is 1. The first-order valence-electron chi connectivity index (χ1n) is 9.83. The lowest BCUT2D eigenvalue weighted by atomic mass is 9.86. The number of Topliss-reactive ketones (excluding diaryl/α,β-unsaturated/α-hetero) is 1. The van der Waals surface area contributed by atoms with Gasteiger partial charge in [0.2, 0.25) is 17.2 Å². The highest BCUT2D eigenvalue weighted by Gasteiger charge is 2.47. The Hall–Kier alpha value is -3.22. The molecule has 1 saturated heterocycles. The summed E-state index contributed by atoms with van der Waals surface area (Å²) in [7, 11) is 0. The summed E-state index contributed by atoms with van der Waals surface area (Å²) in [6.07, 6.45) is 2.12. The Morgan fingerprint density at radius 2 is 1.86 bits per heavy atom. The summed E-state index contributed by atoms with van der Waals surface area (Å²) in [6, 6.07) is 12.7. The van der Waals surface area contributed by atoms with Crippen molar-refractivity contribution in [3.63, 3.8) is 0 Å². The second-order valence-corrected chi connectivity index (χ2v) is 7.87. The molecule has 2 heterocycles. The molecule has 2 amide bonds. The summed E-state index contributed by atoms with van der Waals surface area (Å²) < 4.78 is 0. The third kappa shape index (κ3) is 4.13. The number of amides is 2. The minimum atomic E-state index is -0.759. The number of aromatic nitrogens is 1. The van der Waals surface area contributed by atoms with Crippen molar-refractivity contribution in [1.29, 1.82) is 0 Å². The Labute approximate surface area is 168 Å². The lowest BCUT2D eigenvalue weighted by molar-refractivity contribution is -0.141. The summed E-state index contributed by atoms with van der Waals surface area (Å²) in [5, 5.41) is 2.73. The fourth-order valence-corrected chi connectivity index (χ4v) is 3.83. The second kappa shape index (κ2) is 7.66. The van der Waals surface area contributed by atoms with E-state index in [1.807, 2.05) is 30.3 Å². The lowest BCUT2D eigenvalue weighted by Gasteiger charge is -2.16. The number of nitrogens with one attached hydrogen (secondary N) is 2. The van der Waals surface area contributed by atoms with E-state index >= 15 is 0 Å². The molecule has 0 bridgehead atoms. The Morgan fingerprint density at radius 3 is 2.52 bits per heavy atom. The Bertz CT molecular complexity index is 1010. The third-order valence-corrected chi connectivity index (χ3v) is 5.48. The zero-order valence-corrected chi connectivity index (χ0v) is 16.2. The van der Waals surface area contributed by atoms with E-state index in [1.165, 1.54) is 11.0 Å². The summed E-state index contributed by atoms with van der Waals surface area (Å²) in [5.74, 6) is -2.50. The van der Waals surface area contributed by atoms with Gasteiger partial charge in [0.05, 0.1) is 11.8 Å². The normalized spacial score (nSPS) is 21.3. The third-order valence-electron chi connectivity index (χ3n) is 5.48. The molecule has 1 aliphatic heterocycles. The van der Waals surface area contributed by atoms with Crippen LogP contribution < -0.4 is 15.8 Å². The molecule has 2 fully saturated rings. The molecule has 2 atom stereocenters. The molecule has 1 saturated carbocycles. The van der Waals surface area contributed by atoms with Crippen molar-refractivity contribution in [3.05, 3.63) is 63.9 Å². The average molecular weight is 393 g/mol. The predicted octanol–water partition coefficient (Wildman–Crippen LogP) is 1.35. The van der Waals surface area contributed by atoms with Crippen LogP contribution in [0.5, 0.6) is 0 Å². The van der Waals surface area contributed by atoms with Crippen LogP contribution in [0.1, 0.15) is 24.0 Å². The average Bonchev–Trinajstić information content (AvgIpc) is 3.44. The second-order valence-electron chi connectivity index (χ2n) is 7.87. The predicted molar refractivity (Wildman–Crippen MR) is 107 cm³/mol. The molecule has 1 aromatic heterocycles. The van der Waals surface area contributed by atoms with Crippen molar-refractivity contribution in [2.75, 3.05) is 11.4 Å². The number of H-pyrrole nitrogens is 1. The van der Waals surface area contributed by atoms with Gasteiger partial charge in [-0.1, -0.05) is 30.3 Å². The number of aryl methyl sites for hydroxylation is 1. The first kappa shape index (κ1) is 19.1. The number of aromatic amines is 1. The van der Waals surface area contributed by atoms with Gasteiger partial charge in [0.1, 0.15) is 5.82 Å². The van der Waals surface area contributed by atoms with Crippen LogP contribution in [0.25, 0.3) is 0 Å². The summed E-state index contributed by atoms with van der Waals surface area (Å²) in [5.41, 5.74) is 1.33. The molecular weight excluding hydrogens is 370 g/mol. The number of rotatable bonds is 6. The molecule has 7 heteroatoms. The van der Waals surface area contributed by atoms with Crippen molar-refractivity contribution in [2.24, 2.45) is 11.8 Å². The van der Waals surface area contributed by atoms with Gasteiger partial charge in [0, 0.05) is 18.7 Å². The van der Waals surface area contributed by atoms with Crippen molar-refractivity contribution < 1.29 is 14.4 Å². The van der Waals surface area contributed by atoms with Crippen LogP contribution in [-0.2, 0) is 20.8 Å². The van der Waals surface area contributed by atoms with Gasteiger partial charge < -0.3 is 10.3 Å². The highest BCUT2D eigenvalue weighted by Crippen LogP contribution is 2.32. The monoisotopic (exact) mass is 393 g/mol. The van der Waals surface area contributed by atoms with Gasteiger partial charge in [0.25, 0.3) is 5.91 Å². The van der Waals surface area contributed by atoms with E-state index in [-0.39, 0.29) is 24.1 Å². The lowest BCUT2D eigenvalue weighted by Crippen LogP contribution is -2.39. The molecule has 2 N–H and O–H groups in total. The first-order valence-corrected chi connectivity index (χ1v) is 9.83. The SMILES string of the molecule is Cc1cc(N2C[C@H](C(=O)C(=O)NC3CC3)[C@@H](Cc3ccccc3)C2=O)[nH]c(=O)c1. The highest BCUT2D eigenvalue weighted by molar-refractivity contribution is 6.38. The van der Waals surface area contributed by atoms with E-state index in [2.05, 4.69) is 10.3 Å². The number of pyridine rings is 1. The van der Waals surface area contributed by atoms with Gasteiger partial charge in [-0.3, -0.25) is 24.1 Å². The molecule has 0 spiro atoms. The van der Waals surface area contributed by atoms with Gasteiger partial charge in [0.15, 0.2) is 0 Å². The summed E-state index contributed by atoms with van der Waals surface area (Å²) in [6.45, 7) is 1.85. The Morgan fingerprint density at radius 1 is 1.14 bits per heavy atom. The smallest absolute Gasteiger partial charge is 0.287 e. The number of hydrogen-bond donors (Lipinski definition) is 2. The van der Waals surface area contributed by atoms with Crippen LogP contribution in [-0.4, -0.2) is 35.2 Å². The molecular formula is C22H23N3O4. The van der Waals surface area contributed by atoms with Gasteiger partial charge in [-0.2, -0.15) is 0 Å². The van der Waals surface area contributed by atoms with Gasteiger partial charge in [-0.05, 0) is 43.4 Å². The van der Waals surface area contributed by atoms with E-state index < -0.39 is 23.5 Å². The van der Waals surface area contributed by atoms with Crippen molar-refractivity contribution >= 4 is 23.4 Å². The van der Waals surface area contributed by atoms with E-state index in [9.17, 15) is 19.2 Å². The maximum Gasteiger partial charge on any atom is 0.287 e. The van der Waals surface area contributed by atoms with Crippen molar-refractivity contribution in [1.82, 2.24) is 10.3 Å². The van der Waals surface area contributed by atoms with Crippen molar-refractivity contribution in [2.45, 2.75) is 32.2 Å². The van der Waals surface area contributed by atoms with E-state index in [0.717, 1.165) is 24.0 Å². The minimum absolute atomic E-state index is 0.0698. The highest BCUT2D eigenvalue weighted by atomic mass is 16.2. The molecule has 29 heavy (non-hydrogen) atoms. The van der Waals surface area contributed by atoms with Crippen molar-refractivity contribution in [3.8, 4) is 0 Å². The van der Waals surface area contributed by atoms with Gasteiger partial charge in [-0.15, -0.1) is 0 Å². The standard InChI is InChI=1S/C22H23N3O4/c1-13-9-18(24-19(26)10-13)25-12-17(20(27)21(28)23-15-7-8-15)16(22(25)29)11-14-5-3-2-4-6-14/h2-6,9-10,15-17H,7-8,11-12H2,1H3,(H,23,28)(H,24,26)/t16-,17+/m1/s1. The zero-order valence-electron chi connectivity index (χ0n) is 16.2. The first-order chi connectivity index (χ1) is 13.9. The molecule has 1 aliphatic carbocycles. The minimum Gasteiger partial charge on any atom is -0.347 e. The van der Waals surface area contributed by atoms with Crippen LogP contribution in [0.2, 0.25) is 0 Å². The Balaban J connectivity index is 1.64. The van der Waals surface area contributed by atoms with E-state index in [4.69, 9.17) is 0 Å². The number of benzene rings is 1. The molecule has 2 aromatic rings. The molecule has 150 valence electrons. The van der Waals surface area contributed by atoms with E-state index in [1.54, 1.807) is 13.0 Å². The molecule has 0 radical (unpaired) electrons. The number of ketones is 1. The van der Waals surface area contributed by atoms with Crippen LogP contribution >= 0.6 is 0 Å². The maximum absolute atomic E-state index is 13.2. The quantitative estimate of drug-likeness (QED) is 0.724. The van der Waals surface area contributed by atoms with Crippen LogP contribution in [0.3, 0.4) is 0 Å². The molecule has 0 unspecified atom stereocenters. The largest absolute Gasteiger partial charge is 0.347 e. The maximum atomic E-state index is 13.2.